The molecule has 3 fully saturated rings. The Balaban J connectivity index is 1.51. The molecule has 0 bridgehead atoms. The summed E-state index contributed by atoms with van der Waals surface area (Å²) in [5, 5.41) is 117. The molecule has 3 aliphatic rings. The van der Waals surface area contributed by atoms with E-state index in [2.05, 4.69) is 10.6 Å². The molecule has 16 atom stereocenters. The van der Waals surface area contributed by atoms with Gasteiger partial charge in [0.1, 0.15) is 79.3 Å². The lowest BCUT2D eigenvalue weighted by Gasteiger charge is -2.46. The first kappa shape index (κ1) is 47.1. The summed E-state index contributed by atoms with van der Waals surface area (Å²) < 4.78 is 33.1. The van der Waals surface area contributed by atoms with Crippen molar-refractivity contribution in [2.75, 3.05) is 39.5 Å². The van der Waals surface area contributed by atoms with Crippen LogP contribution in [0.2, 0.25) is 0 Å². The van der Waals surface area contributed by atoms with E-state index in [4.69, 9.17) is 39.3 Å². The van der Waals surface area contributed by atoms with E-state index in [-0.39, 0.29) is 37.8 Å². The molecule has 0 saturated carbocycles. The van der Waals surface area contributed by atoms with E-state index in [1.165, 1.54) is 0 Å². The summed E-state index contributed by atoms with van der Waals surface area (Å²) in [5.41, 5.74) is 5.44. The smallest absolute Gasteiger partial charge is 0.320 e. The minimum atomic E-state index is -1.91. The summed E-state index contributed by atoms with van der Waals surface area (Å²) in [6.45, 7) is -2.13. The summed E-state index contributed by atoms with van der Waals surface area (Å²) in [5.74, 6) is -1.66. The second-order valence-corrected chi connectivity index (χ2v) is 13.6. The molecule has 3 saturated heterocycles. The maximum atomic E-state index is 12.4. The van der Waals surface area contributed by atoms with Crippen LogP contribution in [0.25, 0.3) is 0 Å². The summed E-state index contributed by atoms with van der Waals surface area (Å²) in [6, 6.07) is -0.942. The van der Waals surface area contributed by atoms with E-state index in [1.54, 1.807) is 0 Å². The number of nitrogens with two attached hydrogens (primary N) is 1. The zero-order chi connectivity index (χ0) is 40.8. The predicted octanol–water partition coefficient (Wildman–Crippen LogP) is -7.17. The van der Waals surface area contributed by atoms with Gasteiger partial charge in [0.05, 0.1) is 26.4 Å². The standard InChI is InChI=1S/C32H57N3O20/c33-14(29(48)49)5-3-4-8-34-18(38)6-1-2-7-19(39)35-9-10-50-31-27(47)28(55-32-26(46)24(44)21(41)16(12-37)53-32)22(42)17(54-31)13-51-30-25(45)23(43)20(40)15(11-36)52-30/h14-17,20-28,30-32,36-37,40-47H,1-13,33H2,(H,34,38)(H,35,39)(H,48,49)/t14-,15+,16+,17+,20+,21+,22+,23-,24-,25-,26-,27-,28-,30-,31-,32-/m0/s1. The number of ether oxygens (including phenoxy) is 6. The largest absolute Gasteiger partial charge is 0.480 e. The Bertz CT molecular complexity index is 1170. The van der Waals surface area contributed by atoms with Crippen LogP contribution in [0.15, 0.2) is 0 Å². The van der Waals surface area contributed by atoms with E-state index < -0.39 is 124 Å². The Morgan fingerprint density at radius 2 is 1.11 bits per heavy atom. The third-order valence-electron chi connectivity index (χ3n) is 9.40. The van der Waals surface area contributed by atoms with Crippen LogP contribution in [-0.2, 0) is 42.8 Å². The van der Waals surface area contributed by atoms with Crippen molar-refractivity contribution in [2.45, 2.75) is 143 Å². The number of aliphatic carboxylic acids is 1. The summed E-state index contributed by atoms with van der Waals surface area (Å²) in [7, 11) is 0. The zero-order valence-electron chi connectivity index (χ0n) is 30.1. The van der Waals surface area contributed by atoms with Gasteiger partial charge in [0.2, 0.25) is 11.8 Å². The number of carboxylic acids is 1. The van der Waals surface area contributed by atoms with Crippen LogP contribution in [-0.4, -0.2) is 212 Å². The lowest BCUT2D eigenvalue weighted by atomic mass is 9.96. The van der Waals surface area contributed by atoms with Gasteiger partial charge in [0.15, 0.2) is 18.9 Å². The monoisotopic (exact) mass is 803 g/mol. The van der Waals surface area contributed by atoms with Gasteiger partial charge in [-0.25, -0.2) is 0 Å². The molecule has 55 heavy (non-hydrogen) atoms. The minimum absolute atomic E-state index is 0.0791. The molecule has 23 heteroatoms. The van der Waals surface area contributed by atoms with E-state index in [1.807, 2.05) is 0 Å². The second-order valence-electron chi connectivity index (χ2n) is 13.6. The van der Waals surface area contributed by atoms with Crippen molar-refractivity contribution >= 4 is 17.8 Å². The highest BCUT2D eigenvalue weighted by Crippen LogP contribution is 2.31. The van der Waals surface area contributed by atoms with Crippen LogP contribution in [0.3, 0.4) is 0 Å². The van der Waals surface area contributed by atoms with E-state index in [0.717, 1.165) is 0 Å². The fraction of sp³-hybridized carbons (Fsp3) is 0.906. The maximum Gasteiger partial charge on any atom is 0.320 e. The molecule has 3 heterocycles. The molecular formula is C32H57N3O20. The third kappa shape index (κ3) is 13.7. The van der Waals surface area contributed by atoms with Gasteiger partial charge < -0.3 is 101 Å². The normalized spacial score (nSPS) is 37.3. The molecule has 320 valence electrons. The summed E-state index contributed by atoms with van der Waals surface area (Å²) in [6.07, 6.45) is -22.8. The number of unbranched alkanes of at least 4 members (excludes halogenated alkanes) is 2. The van der Waals surface area contributed by atoms with Gasteiger partial charge in [-0.15, -0.1) is 0 Å². The Hall–Kier alpha value is -2.27. The molecule has 3 rings (SSSR count). The number of rotatable bonds is 22. The van der Waals surface area contributed by atoms with Crippen molar-refractivity contribution in [3.8, 4) is 0 Å². The van der Waals surface area contributed by atoms with Gasteiger partial charge in [-0.2, -0.15) is 0 Å². The summed E-state index contributed by atoms with van der Waals surface area (Å²) in [4.78, 5) is 35.1. The van der Waals surface area contributed by atoms with Gasteiger partial charge >= 0.3 is 5.97 Å². The van der Waals surface area contributed by atoms with Gasteiger partial charge in [0.25, 0.3) is 0 Å². The molecule has 0 radical (unpaired) electrons. The highest BCUT2D eigenvalue weighted by molar-refractivity contribution is 5.77. The number of nitrogens with one attached hydrogen (secondary N) is 2. The van der Waals surface area contributed by atoms with Crippen molar-refractivity contribution in [1.29, 1.82) is 0 Å². The molecule has 23 nitrogen and oxygen atoms in total. The van der Waals surface area contributed by atoms with E-state index in [0.29, 0.717) is 38.6 Å². The fourth-order valence-electron chi connectivity index (χ4n) is 6.02. The van der Waals surface area contributed by atoms with Gasteiger partial charge in [-0.3, -0.25) is 14.4 Å². The second kappa shape index (κ2) is 23.2. The molecule has 3 aliphatic heterocycles. The number of carbonyl (C=O) groups is 3. The lowest BCUT2D eigenvalue weighted by Crippen LogP contribution is -2.65. The average molecular weight is 804 g/mol. The Morgan fingerprint density at radius 1 is 0.600 bits per heavy atom. The quantitative estimate of drug-likeness (QED) is 0.0452. The molecule has 0 unspecified atom stereocenters. The molecule has 2 amide bonds. The molecule has 0 aliphatic carbocycles. The van der Waals surface area contributed by atoms with Gasteiger partial charge in [-0.05, 0) is 32.1 Å². The summed E-state index contributed by atoms with van der Waals surface area (Å²) >= 11 is 0. The van der Waals surface area contributed by atoms with E-state index in [9.17, 15) is 65.4 Å². The van der Waals surface area contributed by atoms with Crippen LogP contribution in [0.1, 0.15) is 44.9 Å². The first-order chi connectivity index (χ1) is 26.1. The SMILES string of the molecule is N[C@@H](CCCCNC(=O)CCCCC(=O)NCCO[C@H]1O[C@H](CO[C@H]2O[C@H](CO)[C@@H](O)[C@H](O)[C@@H]2O)[C@@H](O)[C@H](O[C@@H]2O[C@H](CO)[C@@H](O)[C@H](O)[C@@H]2O)[C@@H]1O)C(=O)O. The van der Waals surface area contributed by atoms with Crippen LogP contribution >= 0.6 is 0 Å². The van der Waals surface area contributed by atoms with Crippen LogP contribution in [0.4, 0.5) is 0 Å². The first-order valence-electron chi connectivity index (χ1n) is 18.1. The van der Waals surface area contributed by atoms with E-state index >= 15 is 0 Å². The molecule has 0 aromatic rings. The maximum absolute atomic E-state index is 12.4. The molecule has 0 aromatic carbocycles. The van der Waals surface area contributed by atoms with Crippen LogP contribution < -0.4 is 16.4 Å². The third-order valence-corrected chi connectivity index (χ3v) is 9.40. The fourth-order valence-corrected chi connectivity index (χ4v) is 6.02. The van der Waals surface area contributed by atoms with Crippen LogP contribution in [0.5, 0.6) is 0 Å². The topological polar surface area (TPSA) is 379 Å². The number of carboxylic acid groups (broad SMARTS) is 1. The molecular weight excluding hydrogens is 746 g/mol. The van der Waals surface area contributed by atoms with Crippen molar-refractivity contribution in [1.82, 2.24) is 10.6 Å². The predicted molar refractivity (Wildman–Crippen MR) is 179 cm³/mol. The Morgan fingerprint density at radius 3 is 1.67 bits per heavy atom. The lowest BCUT2D eigenvalue weighted by molar-refractivity contribution is -0.366. The Kier molecular flexibility index (Phi) is 19.9. The number of amides is 2. The van der Waals surface area contributed by atoms with Crippen molar-refractivity contribution in [3.63, 3.8) is 0 Å². The van der Waals surface area contributed by atoms with Crippen molar-refractivity contribution < 1.29 is 99.0 Å². The van der Waals surface area contributed by atoms with Crippen molar-refractivity contribution in [2.24, 2.45) is 5.73 Å². The minimum Gasteiger partial charge on any atom is -0.480 e. The molecule has 15 N–H and O–H groups in total. The number of hydrogen-bond donors (Lipinski definition) is 14. The van der Waals surface area contributed by atoms with Gasteiger partial charge in [0, 0.05) is 25.9 Å². The Labute approximate surface area is 315 Å². The van der Waals surface area contributed by atoms with Crippen LogP contribution in [0, 0.1) is 0 Å². The number of carbonyl (C=O) groups excluding carboxylic acids is 2. The number of aliphatic hydroxyl groups excluding tert-OH is 10. The molecule has 0 spiro atoms. The number of aliphatic hydroxyl groups is 10. The highest BCUT2D eigenvalue weighted by Gasteiger charge is 2.52. The zero-order valence-corrected chi connectivity index (χ0v) is 30.1. The van der Waals surface area contributed by atoms with Gasteiger partial charge in [-0.1, -0.05) is 0 Å². The van der Waals surface area contributed by atoms with Crippen molar-refractivity contribution in [3.05, 3.63) is 0 Å². The average Bonchev–Trinajstić information content (AvgIpc) is 3.16. The number of hydrogen-bond acceptors (Lipinski definition) is 20. The highest BCUT2D eigenvalue weighted by atomic mass is 16.7. The molecule has 0 aromatic heterocycles. The first-order valence-corrected chi connectivity index (χ1v) is 18.1.